The molecule has 5 nitrogen and oxygen atoms in total. The second kappa shape index (κ2) is 5.97. The molecule has 3 atom stereocenters. The van der Waals surface area contributed by atoms with E-state index in [-0.39, 0.29) is 28.9 Å². The molecule has 1 aliphatic carbocycles. The Morgan fingerprint density at radius 3 is 2.81 bits per heavy atom. The first-order valence-electron chi connectivity index (χ1n) is 7.25. The highest BCUT2D eigenvalue weighted by atomic mass is 19.1. The van der Waals surface area contributed by atoms with Gasteiger partial charge in [0.2, 0.25) is 0 Å². The van der Waals surface area contributed by atoms with Crippen LogP contribution in [0.25, 0.3) is 0 Å². The minimum atomic E-state index is -0.595. The van der Waals surface area contributed by atoms with Crippen LogP contribution in [-0.2, 0) is 4.74 Å². The van der Waals surface area contributed by atoms with Gasteiger partial charge in [0.1, 0.15) is 5.69 Å². The molecular formula is C15H21FN2O3. The monoisotopic (exact) mass is 296 g/mol. The molecule has 0 amide bonds. The lowest BCUT2D eigenvalue weighted by molar-refractivity contribution is -0.384. The summed E-state index contributed by atoms with van der Waals surface area (Å²) in [7, 11) is 0. The molecule has 1 aromatic rings. The van der Waals surface area contributed by atoms with Crippen molar-refractivity contribution in [3.05, 3.63) is 34.1 Å². The molecule has 6 heteroatoms. The van der Waals surface area contributed by atoms with Crippen molar-refractivity contribution in [3.63, 3.8) is 0 Å². The number of para-hydroxylation sites is 1. The summed E-state index contributed by atoms with van der Waals surface area (Å²) in [5.74, 6) is -0.595. The second-order valence-corrected chi connectivity index (χ2v) is 5.63. The number of hydrogen-bond acceptors (Lipinski definition) is 4. The Labute approximate surface area is 123 Å². The van der Waals surface area contributed by atoms with E-state index in [0.717, 1.165) is 12.8 Å². The molecule has 1 aromatic carbocycles. The van der Waals surface area contributed by atoms with E-state index in [2.05, 4.69) is 19.2 Å². The van der Waals surface area contributed by atoms with E-state index in [1.807, 2.05) is 6.92 Å². The third-order valence-corrected chi connectivity index (χ3v) is 4.62. The molecule has 1 aliphatic rings. The fourth-order valence-corrected chi connectivity index (χ4v) is 2.96. The second-order valence-electron chi connectivity index (χ2n) is 5.63. The van der Waals surface area contributed by atoms with E-state index < -0.39 is 10.7 Å². The molecular weight excluding hydrogens is 275 g/mol. The SMILES string of the molecule is CCOC1CC(Nc2c(F)cccc2[N+](=O)[O-])C1(C)CC. The summed E-state index contributed by atoms with van der Waals surface area (Å²) < 4.78 is 19.6. The van der Waals surface area contributed by atoms with E-state index in [0.29, 0.717) is 6.61 Å². The predicted molar refractivity (Wildman–Crippen MR) is 78.9 cm³/mol. The van der Waals surface area contributed by atoms with Crippen molar-refractivity contribution in [2.24, 2.45) is 5.41 Å². The molecule has 0 aliphatic heterocycles. The number of nitrogens with zero attached hydrogens (tertiary/aromatic N) is 1. The minimum Gasteiger partial charge on any atom is -0.378 e. The van der Waals surface area contributed by atoms with Gasteiger partial charge in [0.15, 0.2) is 5.82 Å². The molecule has 2 rings (SSSR count). The van der Waals surface area contributed by atoms with E-state index in [1.165, 1.54) is 18.2 Å². The number of nitrogens with one attached hydrogen (secondary N) is 1. The number of ether oxygens (including phenoxy) is 1. The van der Waals surface area contributed by atoms with Gasteiger partial charge < -0.3 is 10.1 Å². The molecule has 21 heavy (non-hydrogen) atoms. The number of hydrogen-bond donors (Lipinski definition) is 1. The molecule has 0 spiro atoms. The maximum atomic E-state index is 13.9. The quantitative estimate of drug-likeness (QED) is 0.641. The number of nitro benzene ring substituents is 1. The molecule has 1 fully saturated rings. The van der Waals surface area contributed by atoms with Crippen molar-refractivity contribution in [2.75, 3.05) is 11.9 Å². The number of anilines is 1. The van der Waals surface area contributed by atoms with Gasteiger partial charge in [0, 0.05) is 24.1 Å². The lowest BCUT2D eigenvalue weighted by Gasteiger charge is -2.53. The molecule has 116 valence electrons. The van der Waals surface area contributed by atoms with Gasteiger partial charge in [0.05, 0.1) is 11.0 Å². The van der Waals surface area contributed by atoms with Crippen molar-refractivity contribution in [2.45, 2.75) is 45.8 Å². The Hall–Kier alpha value is -1.69. The third-order valence-electron chi connectivity index (χ3n) is 4.62. The Morgan fingerprint density at radius 1 is 1.52 bits per heavy atom. The zero-order valence-corrected chi connectivity index (χ0v) is 12.6. The molecule has 1 N–H and O–H groups in total. The van der Waals surface area contributed by atoms with Crippen LogP contribution in [-0.4, -0.2) is 23.7 Å². The lowest BCUT2D eigenvalue weighted by Crippen LogP contribution is -2.59. The average molecular weight is 296 g/mol. The highest BCUT2D eigenvalue weighted by molar-refractivity contribution is 5.63. The van der Waals surface area contributed by atoms with Crippen LogP contribution in [0.15, 0.2) is 18.2 Å². The number of halogens is 1. The largest absolute Gasteiger partial charge is 0.378 e. The summed E-state index contributed by atoms with van der Waals surface area (Å²) in [6, 6.07) is 3.86. The van der Waals surface area contributed by atoms with Gasteiger partial charge in [-0.1, -0.05) is 19.9 Å². The van der Waals surface area contributed by atoms with Gasteiger partial charge in [0.25, 0.3) is 5.69 Å². The van der Waals surface area contributed by atoms with Gasteiger partial charge in [-0.3, -0.25) is 10.1 Å². The highest BCUT2D eigenvalue weighted by Gasteiger charge is 2.51. The van der Waals surface area contributed by atoms with Crippen molar-refractivity contribution in [3.8, 4) is 0 Å². The molecule has 0 bridgehead atoms. The van der Waals surface area contributed by atoms with Crippen LogP contribution in [0, 0.1) is 21.3 Å². The normalized spacial score (nSPS) is 28.0. The molecule has 1 saturated carbocycles. The van der Waals surface area contributed by atoms with Crippen LogP contribution in [0.1, 0.15) is 33.6 Å². The maximum Gasteiger partial charge on any atom is 0.295 e. The van der Waals surface area contributed by atoms with Crippen LogP contribution in [0.4, 0.5) is 15.8 Å². The van der Waals surface area contributed by atoms with Crippen LogP contribution in [0.5, 0.6) is 0 Å². The van der Waals surface area contributed by atoms with Crippen molar-refractivity contribution < 1.29 is 14.1 Å². The summed E-state index contributed by atoms with van der Waals surface area (Å²) in [6.45, 7) is 6.70. The zero-order chi connectivity index (χ0) is 15.6. The first-order chi connectivity index (χ1) is 9.93. The Kier molecular flexibility index (Phi) is 4.46. The van der Waals surface area contributed by atoms with Crippen LogP contribution in [0.3, 0.4) is 0 Å². The minimum absolute atomic E-state index is 0.0258. The summed E-state index contributed by atoms with van der Waals surface area (Å²) in [5, 5.41) is 14.1. The van der Waals surface area contributed by atoms with Crippen LogP contribution in [0.2, 0.25) is 0 Å². The van der Waals surface area contributed by atoms with Crippen molar-refractivity contribution >= 4 is 11.4 Å². The Bertz CT molecular complexity index is 538. The third kappa shape index (κ3) is 2.72. The smallest absolute Gasteiger partial charge is 0.295 e. The van der Waals surface area contributed by atoms with Gasteiger partial charge in [-0.25, -0.2) is 4.39 Å². The van der Waals surface area contributed by atoms with Crippen molar-refractivity contribution in [1.29, 1.82) is 0 Å². The molecule has 0 aromatic heterocycles. The van der Waals surface area contributed by atoms with E-state index in [4.69, 9.17) is 4.74 Å². The standard InChI is InChI=1S/C15H21FN2O3/c1-4-15(3)12(9-13(15)21-5-2)17-14-10(16)7-6-8-11(14)18(19)20/h6-8,12-13,17H,4-5,9H2,1-3H3. The summed E-state index contributed by atoms with van der Waals surface area (Å²) >= 11 is 0. The summed E-state index contributed by atoms with van der Waals surface area (Å²) in [6.07, 6.45) is 1.69. The van der Waals surface area contributed by atoms with Gasteiger partial charge in [-0.05, 0) is 25.8 Å². The van der Waals surface area contributed by atoms with Gasteiger partial charge in [-0.2, -0.15) is 0 Å². The number of nitro groups is 1. The van der Waals surface area contributed by atoms with Crippen LogP contribution < -0.4 is 5.32 Å². The number of benzene rings is 1. The summed E-state index contributed by atoms with van der Waals surface area (Å²) in [4.78, 5) is 10.5. The topological polar surface area (TPSA) is 64.4 Å². The van der Waals surface area contributed by atoms with Gasteiger partial charge >= 0.3 is 0 Å². The average Bonchev–Trinajstić information content (AvgIpc) is 2.46. The molecule has 0 saturated heterocycles. The zero-order valence-electron chi connectivity index (χ0n) is 12.6. The number of rotatable bonds is 6. The Morgan fingerprint density at radius 2 is 2.24 bits per heavy atom. The fourth-order valence-electron chi connectivity index (χ4n) is 2.96. The fraction of sp³-hybridized carbons (Fsp3) is 0.600. The summed E-state index contributed by atoms with van der Waals surface area (Å²) in [5.41, 5.74) is -0.401. The van der Waals surface area contributed by atoms with E-state index in [9.17, 15) is 14.5 Å². The Balaban J connectivity index is 2.22. The highest BCUT2D eigenvalue weighted by Crippen LogP contribution is 2.48. The molecule has 3 unspecified atom stereocenters. The van der Waals surface area contributed by atoms with Gasteiger partial charge in [-0.15, -0.1) is 0 Å². The lowest BCUT2D eigenvalue weighted by atomic mass is 9.61. The predicted octanol–water partition coefficient (Wildman–Crippen LogP) is 3.74. The van der Waals surface area contributed by atoms with Crippen LogP contribution >= 0.6 is 0 Å². The first-order valence-corrected chi connectivity index (χ1v) is 7.25. The molecule has 0 heterocycles. The van der Waals surface area contributed by atoms with Crippen molar-refractivity contribution in [1.82, 2.24) is 0 Å². The van der Waals surface area contributed by atoms with E-state index >= 15 is 0 Å². The maximum absolute atomic E-state index is 13.9. The first kappa shape index (κ1) is 15.7. The molecule has 0 radical (unpaired) electrons. The van der Waals surface area contributed by atoms with E-state index in [1.54, 1.807) is 0 Å².